The molecule has 0 heterocycles. The minimum absolute atomic E-state index is 0.0696. The number of allylic oxidation sites excluding steroid dienone is 1. The number of aryl methyl sites for hydroxylation is 1. The minimum Gasteiger partial charge on any atom is -0.496 e. The van der Waals surface area contributed by atoms with Crippen molar-refractivity contribution < 1.29 is 14.3 Å². The number of carbonyl (C=O) groups excluding carboxylic acids is 1. The third kappa shape index (κ3) is 6.48. The van der Waals surface area contributed by atoms with Crippen molar-refractivity contribution in [3.8, 4) is 11.5 Å². The molecule has 0 aliphatic heterocycles. The summed E-state index contributed by atoms with van der Waals surface area (Å²) in [5.74, 6) is 1.59. The number of nitrogens with one attached hydrogen (secondary N) is 1. The first-order valence-electron chi connectivity index (χ1n) is 9.35. The smallest absolute Gasteiger partial charge is 0.251 e. The molecule has 0 fully saturated rings. The van der Waals surface area contributed by atoms with Crippen molar-refractivity contribution in [2.75, 3.05) is 13.7 Å². The summed E-state index contributed by atoms with van der Waals surface area (Å²) in [6, 6.07) is 13.6. The maximum absolute atomic E-state index is 12.4. The Morgan fingerprint density at radius 2 is 2.04 bits per heavy atom. The molecule has 27 heavy (non-hydrogen) atoms. The van der Waals surface area contributed by atoms with Crippen LogP contribution in [-0.4, -0.2) is 25.7 Å². The molecule has 144 valence electrons. The predicted molar refractivity (Wildman–Crippen MR) is 110 cm³/mol. The number of methoxy groups -OCH3 is 1. The fraction of sp³-hybridized carbons (Fsp3) is 0.348. The largest absolute Gasteiger partial charge is 0.496 e. The summed E-state index contributed by atoms with van der Waals surface area (Å²) >= 11 is 0. The summed E-state index contributed by atoms with van der Waals surface area (Å²) in [6.07, 6.45) is 4.39. The summed E-state index contributed by atoms with van der Waals surface area (Å²) < 4.78 is 11.0. The maximum atomic E-state index is 12.4. The first-order valence-corrected chi connectivity index (χ1v) is 9.35. The first kappa shape index (κ1) is 20.6. The maximum Gasteiger partial charge on any atom is 0.251 e. The zero-order valence-electron chi connectivity index (χ0n) is 16.5. The van der Waals surface area contributed by atoms with E-state index in [1.54, 1.807) is 19.3 Å². The number of carbonyl (C=O) groups is 1. The lowest BCUT2D eigenvalue weighted by molar-refractivity contribution is 0.0953. The predicted octanol–water partition coefficient (Wildman–Crippen LogP) is 4.57. The molecule has 0 atom stereocenters. The van der Waals surface area contributed by atoms with Crippen LogP contribution >= 0.6 is 0 Å². The minimum atomic E-state index is -0.0696. The molecule has 4 heteroatoms. The SMILES string of the molecule is C=CCc1cc(C(=O)NCCCc2cccc(OC(C)C)c2)ccc1OC. The molecule has 4 nitrogen and oxygen atoms in total. The van der Waals surface area contributed by atoms with Gasteiger partial charge in [-0.2, -0.15) is 0 Å². The second-order valence-corrected chi connectivity index (χ2v) is 6.69. The lowest BCUT2D eigenvalue weighted by atomic mass is 10.1. The van der Waals surface area contributed by atoms with Gasteiger partial charge in [-0.1, -0.05) is 18.2 Å². The number of benzene rings is 2. The standard InChI is InChI=1S/C23H29NO3/c1-5-8-19-16-20(12-13-22(19)26-4)23(25)24-14-7-10-18-9-6-11-21(15-18)27-17(2)3/h5-6,9,11-13,15-17H,1,7-8,10,14H2,2-4H3,(H,24,25). The molecular formula is C23H29NO3. The van der Waals surface area contributed by atoms with Gasteiger partial charge >= 0.3 is 0 Å². The van der Waals surface area contributed by atoms with Crippen LogP contribution in [0, 0.1) is 0 Å². The van der Waals surface area contributed by atoms with Gasteiger partial charge in [0, 0.05) is 12.1 Å². The zero-order valence-corrected chi connectivity index (χ0v) is 16.5. The van der Waals surface area contributed by atoms with Gasteiger partial charge in [0.2, 0.25) is 0 Å². The van der Waals surface area contributed by atoms with Crippen LogP contribution in [0.2, 0.25) is 0 Å². The molecular weight excluding hydrogens is 338 g/mol. The van der Waals surface area contributed by atoms with Gasteiger partial charge in [0.1, 0.15) is 11.5 Å². The molecule has 1 amide bonds. The monoisotopic (exact) mass is 367 g/mol. The van der Waals surface area contributed by atoms with Crippen molar-refractivity contribution >= 4 is 5.91 Å². The number of rotatable bonds is 10. The van der Waals surface area contributed by atoms with Crippen LogP contribution in [0.3, 0.4) is 0 Å². The van der Waals surface area contributed by atoms with E-state index in [2.05, 4.69) is 24.0 Å². The summed E-state index contributed by atoms with van der Waals surface area (Å²) in [5.41, 5.74) is 2.81. The Kier molecular flexibility index (Phi) is 7.93. The van der Waals surface area contributed by atoms with Crippen molar-refractivity contribution in [3.05, 3.63) is 71.8 Å². The number of hydrogen-bond donors (Lipinski definition) is 1. The van der Waals surface area contributed by atoms with Crippen molar-refractivity contribution in [2.24, 2.45) is 0 Å². The lowest BCUT2D eigenvalue weighted by Crippen LogP contribution is -2.24. The van der Waals surface area contributed by atoms with E-state index in [1.807, 2.05) is 38.1 Å². The average Bonchev–Trinajstić information content (AvgIpc) is 2.65. The molecule has 2 aromatic rings. The van der Waals surface area contributed by atoms with E-state index >= 15 is 0 Å². The van der Waals surface area contributed by atoms with E-state index in [9.17, 15) is 4.79 Å². The van der Waals surface area contributed by atoms with Crippen LogP contribution < -0.4 is 14.8 Å². The molecule has 0 aromatic heterocycles. The molecule has 1 N–H and O–H groups in total. The zero-order chi connectivity index (χ0) is 19.6. The van der Waals surface area contributed by atoms with Crippen molar-refractivity contribution in [3.63, 3.8) is 0 Å². The Labute approximate surface area is 162 Å². The van der Waals surface area contributed by atoms with E-state index in [0.29, 0.717) is 18.5 Å². The van der Waals surface area contributed by atoms with E-state index in [-0.39, 0.29) is 12.0 Å². The molecule has 0 bridgehead atoms. The highest BCUT2D eigenvalue weighted by Gasteiger charge is 2.09. The molecule has 2 rings (SSSR count). The van der Waals surface area contributed by atoms with E-state index in [4.69, 9.17) is 9.47 Å². The molecule has 0 spiro atoms. The highest BCUT2D eigenvalue weighted by Crippen LogP contribution is 2.21. The fourth-order valence-corrected chi connectivity index (χ4v) is 2.88. The topological polar surface area (TPSA) is 47.6 Å². The van der Waals surface area contributed by atoms with Gasteiger partial charge < -0.3 is 14.8 Å². The van der Waals surface area contributed by atoms with Crippen LogP contribution in [0.25, 0.3) is 0 Å². The molecule has 2 aromatic carbocycles. The van der Waals surface area contributed by atoms with Gasteiger partial charge in [-0.05, 0) is 74.6 Å². The molecule has 0 aliphatic rings. The summed E-state index contributed by atoms with van der Waals surface area (Å²) in [5, 5.41) is 2.99. The Bertz CT molecular complexity index is 768. The van der Waals surface area contributed by atoms with Crippen molar-refractivity contribution in [1.82, 2.24) is 5.32 Å². The van der Waals surface area contributed by atoms with Gasteiger partial charge in [0.05, 0.1) is 13.2 Å². The van der Waals surface area contributed by atoms with Crippen LogP contribution in [0.15, 0.2) is 55.1 Å². The molecule has 0 aliphatic carbocycles. The third-order valence-electron chi connectivity index (χ3n) is 4.10. The van der Waals surface area contributed by atoms with Gasteiger partial charge in [0.25, 0.3) is 5.91 Å². The molecule has 0 saturated heterocycles. The quantitative estimate of drug-likeness (QED) is 0.494. The number of ether oxygens (including phenoxy) is 2. The Morgan fingerprint density at radius 3 is 2.74 bits per heavy atom. The Balaban J connectivity index is 1.86. The molecule has 0 radical (unpaired) electrons. The third-order valence-corrected chi connectivity index (χ3v) is 4.10. The molecule has 0 saturated carbocycles. The van der Waals surface area contributed by atoms with Crippen LogP contribution in [0.4, 0.5) is 0 Å². The van der Waals surface area contributed by atoms with E-state index in [1.165, 1.54) is 5.56 Å². The highest BCUT2D eigenvalue weighted by molar-refractivity contribution is 5.94. The first-order chi connectivity index (χ1) is 13.0. The van der Waals surface area contributed by atoms with E-state index < -0.39 is 0 Å². The Morgan fingerprint density at radius 1 is 1.22 bits per heavy atom. The summed E-state index contributed by atoms with van der Waals surface area (Å²) in [4.78, 5) is 12.4. The highest BCUT2D eigenvalue weighted by atomic mass is 16.5. The number of hydrogen-bond acceptors (Lipinski definition) is 3. The van der Waals surface area contributed by atoms with Gasteiger partial charge in [-0.15, -0.1) is 6.58 Å². The second kappa shape index (κ2) is 10.4. The van der Waals surface area contributed by atoms with Gasteiger partial charge in [0.15, 0.2) is 0 Å². The van der Waals surface area contributed by atoms with Crippen molar-refractivity contribution in [1.29, 1.82) is 0 Å². The van der Waals surface area contributed by atoms with Crippen molar-refractivity contribution in [2.45, 2.75) is 39.2 Å². The van der Waals surface area contributed by atoms with Crippen LogP contribution in [0.1, 0.15) is 41.8 Å². The van der Waals surface area contributed by atoms with E-state index in [0.717, 1.165) is 29.9 Å². The number of amides is 1. The van der Waals surface area contributed by atoms with Crippen LogP contribution in [0.5, 0.6) is 11.5 Å². The summed E-state index contributed by atoms with van der Waals surface area (Å²) in [6.45, 7) is 8.41. The van der Waals surface area contributed by atoms with Crippen LogP contribution in [-0.2, 0) is 12.8 Å². The fourth-order valence-electron chi connectivity index (χ4n) is 2.88. The average molecular weight is 367 g/mol. The Hall–Kier alpha value is -2.75. The lowest BCUT2D eigenvalue weighted by Gasteiger charge is -2.11. The van der Waals surface area contributed by atoms with Gasteiger partial charge in [-0.25, -0.2) is 0 Å². The van der Waals surface area contributed by atoms with Gasteiger partial charge in [-0.3, -0.25) is 4.79 Å². The second-order valence-electron chi connectivity index (χ2n) is 6.69. The molecule has 0 unspecified atom stereocenters. The summed E-state index contributed by atoms with van der Waals surface area (Å²) in [7, 11) is 1.63. The normalized spacial score (nSPS) is 10.5.